The average molecular weight is 272 g/mol. The van der Waals surface area contributed by atoms with E-state index in [2.05, 4.69) is 28.7 Å². The molecule has 2 aromatic heterocycles. The zero-order chi connectivity index (χ0) is 13.2. The van der Waals surface area contributed by atoms with Crippen molar-refractivity contribution < 1.29 is 4.42 Å². The number of oxazole rings is 1. The molecule has 0 saturated carbocycles. The summed E-state index contributed by atoms with van der Waals surface area (Å²) in [5.41, 5.74) is 4.20. The van der Waals surface area contributed by atoms with Crippen LogP contribution in [0.4, 0.5) is 5.69 Å². The summed E-state index contributed by atoms with van der Waals surface area (Å²) < 4.78 is 5.60. The van der Waals surface area contributed by atoms with Gasteiger partial charge in [-0.15, -0.1) is 11.3 Å². The topological polar surface area (TPSA) is 38.1 Å². The molecule has 0 fully saturated rings. The first-order valence-electron chi connectivity index (χ1n) is 6.42. The number of nitrogens with zero attached hydrogens (tertiary/aromatic N) is 1. The molecule has 3 aromatic rings. The van der Waals surface area contributed by atoms with Crippen LogP contribution in [0.3, 0.4) is 0 Å². The summed E-state index contributed by atoms with van der Waals surface area (Å²) in [6.07, 6.45) is 0.825. The lowest BCUT2D eigenvalue weighted by Crippen LogP contribution is -1.98. The van der Waals surface area contributed by atoms with Crippen LogP contribution >= 0.6 is 11.3 Å². The van der Waals surface area contributed by atoms with Crippen molar-refractivity contribution in [3.8, 4) is 0 Å². The molecule has 0 unspecified atom stereocenters. The zero-order valence-corrected chi connectivity index (χ0v) is 11.9. The third-order valence-corrected chi connectivity index (χ3v) is 4.18. The van der Waals surface area contributed by atoms with Gasteiger partial charge < -0.3 is 9.73 Å². The van der Waals surface area contributed by atoms with Crippen LogP contribution in [-0.4, -0.2) is 4.98 Å². The molecule has 1 aromatic carbocycles. The van der Waals surface area contributed by atoms with Crippen molar-refractivity contribution in [3.63, 3.8) is 0 Å². The van der Waals surface area contributed by atoms with Crippen molar-refractivity contribution in [2.45, 2.75) is 26.8 Å². The SMILES string of the molecule is CCc1nc2cc(NCc3sccc3C)ccc2o1. The number of aromatic nitrogens is 1. The van der Waals surface area contributed by atoms with Gasteiger partial charge in [0.15, 0.2) is 11.5 Å². The number of thiophene rings is 1. The van der Waals surface area contributed by atoms with Gasteiger partial charge in [-0.3, -0.25) is 0 Å². The molecule has 0 radical (unpaired) electrons. The number of nitrogens with one attached hydrogen (secondary N) is 1. The number of anilines is 1. The van der Waals surface area contributed by atoms with E-state index in [9.17, 15) is 0 Å². The molecule has 19 heavy (non-hydrogen) atoms. The minimum Gasteiger partial charge on any atom is -0.441 e. The van der Waals surface area contributed by atoms with Gasteiger partial charge in [0.25, 0.3) is 0 Å². The van der Waals surface area contributed by atoms with E-state index < -0.39 is 0 Å². The predicted molar refractivity (Wildman–Crippen MR) is 79.8 cm³/mol. The summed E-state index contributed by atoms with van der Waals surface area (Å²) in [5.74, 6) is 0.793. The number of hydrogen-bond donors (Lipinski definition) is 1. The first-order valence-corrected chi connectivity index (χ1v) is 7.30. The van der Waals surface area contributed by atoms with Crippen LogP contribution in [-0.2, 0) is 13.0 Å². The van der Waals surface area contributed by atoms with Crippen molar-refractivity contribution in [2.24, 2.45) is 0 Å². The second kappa shape index (κ2) is 5.05. The Morgan fingerprint density at radius 2 is 2.21 bits per heavy atom. The zero-order valence-electron chi connectivity index (χ0n) is 11.1. The van der Waals surface area contributed by atoms with Gasteiger partial charge >= 0.3 is 0 Å². The van der Waals surface area contributed by atoms with Gasteiger partial charge in [0.1, 0.15) is 5.52 Å². The highest BCUT2D eigenvalue weighted by atomic mass is 32.1. The van der Waals surface area contributed by atoms with Crippen LogP contribution in [0.5, 0.6) is 0 Å². The lowest BCUT2D eigenvalue weighted by atomic mass is 10.2. The lowest BCUT2D eigenvalue weighted by Gasteiger charge is -2.05. The fraction of sp³-hybridized carbons (Fsp3) is 0.267. The van der Waals surface area contributed by atoms with E-state index in [4.69, 9.17) is 4.42 Å². The Balaban J connectivity index is 1.79. The molecule has 0 amide bonds. The van der Waals surface area contributed by atoms with E-state index in [0.29, 0.717) is 0 Å². The van der Waals surface area contributed by atoms with Crippen molar-refractivity contribution in [3.05, 3.63) is 46.0 Å². The molecule has 4 heteroatoms. The lowest BCUT2D eigenvalue weighted by molar-refractivity contribution is 0.538. The van der Waals surface area contributed by atoms with Gasteiger partial charge in [0.05, 0.1) is 0 Å². The van der Waals surface area contributed by atoms with E-state index in [0.717, 1.165) is 35.6 Å². The molecule has 98 valence electrons. The Hall–Kier alpha value is -1.81. The van der Waals surface area contributed by atoms with Crippen LogP contribution < -0.4 is 5.32 Å². The van der Waals surface area contributed by atoms with Crippen LogP contribution in [0.25, 0.3) is 11.1 Å². The van der Waals surface area contributed by atoms with Crippen molar-refractivity contribution >= 4 is 28.1 Å². The summed E-state index contributed by atoms with van der Waals surface area (Å²) >= 11 is 1.78. The monoisotopic (exact) mass is 272 g/mol. The highest BCUT2D eigenvalue weighted by Gasteiger charge is 2.05. The number of rotatable bonds is 4. The molecule has 0 aliphatic carbocycles. The molecular weight excluding hydrogens is 256 g/mol. The van der Waals surface area contributed by atoms with Crippen molar-refractivity contribution in [1.82, 2.24) is 4.98 Å². The van der Waals surface area contributed by atoms with Gasteiger partial charge in [-0.1, -0.05) is 6.92 Å². The maximum absolute atomic E-state index is 5.60. The van der Waals surface area contributed by atoms with E-state index in [1.165, 1.54) is 10.4 Å². The van der Waals surface area contributed by atoms with Crippen LogP contribution in [0.2, 0.25) is 0 Å². The summed E-state index contributed by atoms with van der Waals surface area (Å²) in [7, 11) is 0. The van der Waals surface area contributed by atoms with E-state index in [1.54, 1.807) is 11.3 Å². The second-order valence-electron chi connectivity index (χ2n) is 4.52. The van der Waals surface area contributed by atoms with Gasteiger partial charge in [0.2, 0.25) is 0 Å². The molecule has 0 saturated heterocycles. The smallest absolute Gasteiger partial charge is 0.195 e. The summed E-state index contributed by atoms with van der Waals surface area (Å²) in [6, 6.07) is 8.21. The number of aryl methyl sites for hydroxylation is 2. The molecule has 0 aliphatic heterocycles. The third-order valence-electron chi connectivity index (χ3n) is 3.16. The van der Waals surface area contributed by atoms with Crippen LogP contribution in [0, 0.1) is 6.92 Å². The first kappa shape index (κ1) is 12.2. The second-order valence-corrected chi connectivity index (χ2v) is 5.52. The van der Waals surface area contributed by atoms with Gasteiger partial charge in [-0.25, -0.2) is 4.98 Å². The highest BCUT2D eigenvalue weighted by Crippen LogP contribution is 2.22. The average Bonchev–Trinajstić information content (AvgIpc) is 3.01. The van der Waals surface area contributed by atoms with Gasteiger partial charge in [-0.05, 0) is 42.1 Å². The van der Waals surface area contributed by atoms with E-state index >= 15 is 0 Å². The van der Waals surface area contributed by atoms with Gasteiger partial charge in [-0.2, -0.15) is 0 Å². The van der Waals surface area contributed by atoms with Gasteiger partial charge in [0, 0.05) is 23.5 Å². The number of benzene rings is 1. The Bertz CT molecular complexity index is 699. The highest BCUT2D eigenvalue weighted by molar-refractivity contribution is 7.10. The third kappa shape index (κ3) is 2.49. The van der Waals surface area contributed by atoms with Crippen LogP contribution in [0.1, 0.15) is 23.3 Å². The minimum absolute atomic E-state index is 0.793. The fourth-order valence-corrected chi connectivity index (χ4v) is 2.85. The first-order chi connectivity index (χ1) is 9.26. The molecule has 3 nitrogen and oxygen atoms in total. The largest absolute Gasteiger partial charge is 0.441 e. The molecule has 2 heterocycles. The number of fused-ring (bicyclic) bond motifs is 1. The Morgan fingerprint density at radius 3 is 2.95 bits per heavy atom. The molecule has 0 atom stereocenters. The number of hydrogen-bond acceptors (Lipinski definition) is 4. The summed E-state index contributed by atoms with van der Waals surface area (Å²) in [6.45, 7) is 5.04. The fourth-order valence-electron chi connectivity index (χ4n) is 2.00. The summed E-state index contributed by atoms with van der Waals surface area (Å²) in [5, 5.41) is 5.56. The Labute approximate surface area is 116 Å². The van der Waals surface area contributed by atoms with Crippen molar-refractivity contribution in [2.75, 3.05) is 5.32 Å². The van der Waals surface area contributed by atoms with Crippen molar-refractivity contribution in [1.29, 1.82) is 0 Å². The molecule has 0 spiro atoms. The van der Waals surface area contributed by atoms with Crippen LogP contribution in [0.15, 0.2) is 34.1 Å². The molecule has 0 aliphatic rings. The molecule has 3 rings (SSSR count). The minimum atomic E-state index is 0.793. The predicted octanol–water partition coefficient (Wildman–Crippen LogP) is 4.37. The maximum atomic E-state index is 5.60. The maximum Gasteiger partial charge on any atom is 0.195 e. The summed E-state index contributed by atoms with van der Waals surface area (Å²) in [4.78, 5) is 5.82. The molecule has 1 N–H and O–H groups in total. The molecule has 0 bridgehead atoms. The quantitative estimate of drug-likeness (QED) is 0.766. The van der Waals surface area contributed by atoms with E-state index in [1.807, 2.05) is 25.1 Å². The standard InChI is InChI=1S/C15H16N2OS/c1-3-15-17-12-8-11(4-5-13(12)18-15)16-9-14-10(2)6-7-19-14/h4-8,16H,3,9H2,1-2H3. The van der Waals surface area contributed by atoms with E-state index in [-0.39, 0.29) is 0 Å². The normalized spacial score (nSPS) is 11.1. The Kier molecular flexibility index (Phi) is 3.25. The Morgan fingerprint density at radius 1 is 1.32 bits per heavy atom. The molecular formula is C15H16N2OS.